The van der Waals surface area contributed by atoms with Crippen LogP contribution >= 0.6 is 22.7 Å². The van der Waals surface area contributed by atoms with Gasteiger partial charge in [0.25, 0.3) is 5.91 Å². The number of benzene rings is 2. The quantitative estimate of drug-likeness (QED) is 0.446. The summed E-state index contributed by atoms with van der Waals surface area (Å²) < 4.78 is 20.3. The largest absolute Gasteiger partial charge is 0.380 e. The fourth-order valence-corrected chi connectivity index (χ4v) is 4.81. The van der Waals surface area contributed by atoms with Gasteiger partial charge in [0.2, 0.25) is 0 Å². The second kappa shape index (κ2) is 7.79. The predicted molar refractivity (Wildman–Crippen MR) is 113 cm³/mol. The van der Waals surface area contributed by atoms with Gasteiger partial charge >= 0.3 is 0 Å². The number of anilines is 1. The molecule has 0 fully saturated rings. The molecule has 0 aliphatic heterocycles. The number of carbonyl (C=O) groups excluding carboxylic acids is 1. The topological polar surface area (TPSA) is 51.2 Å². The van der Waals surface area contributed by atoms with Crippen LogP contribution < -0.4 is 5.32 Å². The van der Waals surface area contributed by atoms with Crippen LogP contribution in [-0.4, -0.2) is 18.0 Å². The third-order valence-electron chi connectivity index (χ3n) is 4.29. The van der Waals surface area contributed by atoms with Crippen LogP contribution in [0.2, 0.25) is 0 Å². The van der Waals surface area contributed by atoms with E-state index >= 15 is 0 Å². The Morgan fingerprint density at radius 3 is 2.82 bits per heavy atom. The van der Waals surface area contributed by atoms with Gasteiger partial charge in [-0.05, 0) is 31.2 Å². The second-order valence-corrected chi connectivity index (χ2v) is 8.36. The number of nitrogens with one attached hydrogen (secondary N) is 1. The highest BCUT2D eigenvalue weighted by Crippen LogP contribution is 2.34. The average molecular weight is 413 g/mol. The fourth-order valence-electron chi connectivity index (χ4n) is 3.07. The molecule has 142 valence electrons. The predicted octanol–water partition coefficient (Wildman–Crippen LogP) is 5.87. The number of carbonyl (C=O) groups is 1. The molecule has 0 radical (unpaired) electrons. The van der Waals surface area contributed by atoms with Gasteiger partial charge in [-0.2, -0.15) is 0 Å². The molecular weight excluding hydrogens is 395 g/mol. The third-order valence-corrected chi connectivity index (χ3v) is 6.26. The molecule has 0 bridgehead atoms. The molecular formula is C21H17FN2O2S2. The minimum absolute atomic E-state index is 0.168. The SMILES string of the molecule is COCc1c(C(=O)Nc2cccc(-c3csc(C)n3)c2)sc2cccc(F)c12. The van der Waals surface area contributed by atoms with Gasteiger partial charge in [-0.25, -0.2) is 9.37 Å². The zero-order valence-corrected chi connectivity index (χ0v) is 16.9. The summed E-state index contributed by atoms with van der Waals surface area (Å²) in [5.74, 6) is -0.625. The van der Waals surface area contributed by atoms with E-state index in [9.17, 15) is 9.18 Å². The molecule has 4 aromatic rings. The zero-order valence-electron chi connectivity index (χ0n) is 15.3. The summed E-state index contributed by atoms with van der Waals surface area (Å²) in [6.45, 7) is 2.12. The summed E-state index contributed by atoms with van der Waals surface area (Å²) >= 11 is 2.85. The van der Waals surface area contributed by atoms with Gasteiger partial charge in [-0.1, -0.05) is 18.2 Å². The molecule has 7 heteroatoms. The molecule has 28 heavy (non-hydrogen) atoms. The van der Waals surface area contributed by atoms with Crippen LogP contribution in [0.4, 0.5) is 10.1 Å². The molecule has 2 heterocycles. The average Bonchev–Trinajstić information content (AvgIpc) is 3.27. The number of fused-ring (bicyclic) bond motifs is 1. The van der Waals surface area contributed by atoms with Crippen molar-refractivity contribution in [1.29, 1.82) is 0 Å². The maximum Gasteiger partial charge on any atom is 0.266 e. The summed E-state index contributed by atoms with van der Waals surface area (Å²) in [5.41, 5.74) is 3.04. The maximum atomic E-state index is 14.3. The van der Waals surface area contributed by atoms with Crippen molar-refractivity contribution < 1.29 is 13.9 Å². The van der Waals surface area contributed by atoms with Crippen LogP contribution in [0.5, 0.6) is 0 Å². The molecule has 0 saturated heterocycles. The number of amides is 1. The van der Waals surface area contributed by atoms with Crippen LogP contribution in [-0.2, 0) is 11.3 Å². The molecule has 0 spiro atoms. The summed E-state index contributed by atoms with van der Waals surface area (Å²) in [6.07, 6.45) is 0. The number of nitrogens with zero attached hydrogens (tertiary/aromatic N) is 1. The van der Waals surface area contributed by atoms with Crippen LogP contribution in [0.25, 0.3) is 21.3 Å². The Bertz CT molecular complexity index is 1170. The third kappa shape index (κ3) is 3.56. The first kappa shape index (κ1) is 18.7. The lowest BCUT2D eigenvalue weighted by Gasteiger charge is -2.08. The summed E-state index contributed by atoms with van der Waals surface area (Å²) in [6, 6.07) is 12.4. The lowest BCUT2D eigenvalue weighted by atomic mass is 10.1. The highest BCUT2D eigenvalue weighted by atomic mass is 32.1. The molecule has 0 aliphatic rings. The lowest BCUT2D eigenvalue weighted by Crippen LogP contribution is -2.12. The van der Waals surface area contributed by atoms with Gasteiger partial charge in [-0.15, -0.1) is 22.7 Å². The van der Waals surface area contributed by atoms with Crippen molar-refractivity contribution >= 4 is 44.4 Å². The van der Waals surface area contributed by atoms with Gasteiger partial charge in [0.15, 0.2) is 0 Å². The highest BCUT2D eigenvalue weighted by molar-refractivity contribution is 7.21. The smallest absolute Gasteiger partial charge is 0.266 e. The van der Waals surface area contributed by atoms with Crippen LogP contribution in [0.3, 0.4) is 0 Å². The summed E-state index contributed by atoms with van der Waals surface area (Å²) in [5, 5.41) is 6.35. The zero-order chi connectivity index (χ0) is 19.7. The number of thiazole rings is 1. The Balaban J connectivity index is 1.67. The first-order valence-electron chi connectivity index (χ1n) is 8.59. The minimum atomic E-state index is -0.347. The number of thiophene rings is 1. The molecule has 0 aliphatic carbocycles. The first-order valence-corrected chi connectivity index (χ1v) is 10.3. The van der Waals surface area contributed by atoms with Crippen LogP contribution in [0.1, 0.15) is 20.2 Å². The Hall–Kier alpha value is -2.61. The number of ether oxygens (including phenoxy) is 1. The molecule has 2 aromatic carbocycles. The van der Waals surface area contributed by atoms with E-state index in [0.29, 0.717) is 21.5 Å². The van der Waals surface area contributed by atoms with Gasteiger partial charge < -0.3 is 10.1 Å². The van der Waals surface area contributed by atoms with Crippen molar-refractivity contribution in [1.82, 2.24) is 4.98 Å². The minimum Gasteiger partial charge on any atom is -0.380 e. The Morgan fingerprint density at radius 1 is 1.25 bits per heavy atom. The number of hydrogen-bond donors (Lipinski definition) is 1. The van der Waals surface area contributed by atoms with E-state index in [4.69, 9.17) is 4.74 Å². The second-order valence-electron chi connectivity index (χ2n) is 6.24. The number of rotatable bonds is 5. The van der Waals surface area contributed by atoms with Crippen molar-refractivity contribution in [3.8, 4) is 11.3 Å². The van der Waals surface area contributed by atoms with E-state index in [0.717, 1.165) is 21.0 Å². The van der Waals surface area contributed by atoms with Gasteiger partial charge in [-0.3, -0.25) is 4.79 Å². The van der Waals surface area contributed by atoms with Crippen molar-refractivity contribution in [2.45, 2.75) is 13.5 Å². The molecule has 0 saturated carbocycles. The number of aromatic nitrogens is 1. The Morgan fingerprint density at radius 2 is 2.07 bits per heavy atom. The van der Waals surface area contributed by atoms with E-state index in [1.54, 1.807) is 17.4 Å². The lowest BCUT2D eigenvalue weighted by molar-refractivity contribution is 0.102. The Kier molecular flexibility index (Phi) is 5.21. The van der Waals surface area contributed by atoms with Crippen LogP contribution in [0, 0.1) is 12.7 Å². The standard InChI is InChI=1S/C21H17FN2O2S2/c1-12-23-17(11-27-12)13-5-3-6-14(9-13)24-21(25)20-15(10-26-2)19-16(22)7-4-8-18(19)28-20/h3-9,11H,10H2,1-2H3,(H,24,25). The van der Waals surface area contributed by atoms with E-state index < -0.39 is 0 Å². The Labute approximate surface area is 169 Å². The number of halogens is 1. The number of methoxy groups -OCH3 is 1. The van der Waals surface area contributed by atoms with Crippen molar-refractivity contribution in [2.24, 2.45) is 0 Å². The highest BCUT2D eigenvalue weighted by Gasteiger charge is 2.21. The van der Waals surface area contributed by atoms with Gasteiger partial charge in [0, 0.05) is 39.4 Å². The molecule has 1 amide bonds. The maximum absolute atomic E-state index is 14.3. The molecule has 0 unspecified atom stereocenters. The molecule has 2 aromatic heterocycles. The summed E-state index contributed by atoms with van der Waals surface area (Å²) in [4.78, 5) is 17.9. The van der Waals surface area contributed by atoms with Crippen molar-refractivity contribution in [3.05, 3.63) is 69.1 Å². The first-order chi connectivity index (χ1) is 13.6. The van der Waals surface area contributed by atoms with Gasteiger partial charge in [0.1, 0.15) is 5.82 Å². The van der Waals surface area contributed by atoms with Crippen molar-refractivity contribution in [3.63, 3.8) is 0 Å². The molecule has 4 nitrogen and oxygen atoms in total. The van der Waals surface area contributed by atoms with E-state index in [1.807, 2.05) is 42.6 Å². The molecule has 4 rings (SSSR count). The molecule has 1 N–H and O–H groups in total. The monoisotopic (exact) mass is 412 g/mol. The van der Waals surface area contributed by atoms with Gasteiger partial charge in [0.05, 0.1) is 22.2 Å². The molecule has 0 atom stereocenters. The summed E-state index contributed by atoms with van der Waals surface area (Å²) in [7, 11) is 1.53. The van der Waals surface area contributed by atoms with E-state index in [1.165, 1.54) is 24.5 Å². The van der Waals surface area contributed by atoms with E-state index in [2.05, 4.69) is 10.3 Å². The normalized spacial score (nSPS) is 11.1. The number of aryl methyl sites for hydroxylation is 1. The fraction of sp³-hybridized carbons (Fsp3) is 0.143. The van der Waals surface area contributed by atoms with Crippen molar-refractivity contribution in [2.75, 3.05) is 12.4 Å². The van der Waals surface area contributed by atoms with Crippen LogP contribution in [0.15, 0.2) is 47.8 Å². The van der Waals surface area contributed by atoms with E-state index in [-0.39, 0.29) is 18.3 Å². The number of hydrogen-bond acceptors (Lipinski definition) is 5.